The van der Waals surface area contributed by atoms with Gasteiger partial charge in [0.2, 0.25) is 0 Å². The van der Waals surface area contributed by atoms with Gasteiger partial charge in [0, 0.05) is 11.8 Å². The van der Waals surface area contributed by atoms with Crippen LogP contribution in [0.25, 0.3) is 0 Å². The maximum atomic E-state index is 5.68. The van der Waals surface area contributed by atoms with Crippen LogP contribution in [0.3, 0.4) is 0 Å². The normalized spacial score (nSPS) is 20.8. The minimum atomic E-state index is 0.557. The summed E-state index contributed by atoms with van der Waals surface area (Å²) in [5.41, 5.74) is 1.22. The minimum absolute atomic E-state index is 0.557. The van der Waals surface area contributed by atoms with Crippen LogP contribution in [0, 0.1) is 12.8 Å². The molecule has 1 unspecified atom stereocenters. The van der Waals surface area contributed by atoms with E-state index in [9.17, 15) is 0 Å². The van der Waals surface area contributed by atoms with Gasteiger partial charge in [-0.2, -0.15) is 0 Å². The van der Waals surface area contributed by atoms with Crippen molar-refractivity contribution >= 4 is 16.9 Å². The lowest BCUT2D eigenvalue weighted by Crippen LogP contribution is -2.31. The van der Waals surface area contributed by atoms with Crippen molar-refractivity contribution in [2.75, 3.05) is 18.9 Å². The average Bonchev–Trinajstić information content (AvgIpc) is 2.84. The molecule has 0 aliphatic carbocycles. The molecule has 0 radical (unpaired) electrons. The zero-order valence-corrected chi connectivity index (χ0v) is 12.7. The SMILES string of the molecule is Cc1cccc(OCCN=C2NC(C(C)C)CS2)c1. The zero-order valence-electron chi connectivity index (χ0n) is 11.8. The van der Waals surface area contributed by atoms with Crippen LogP contribution in [0.15, 0.2) is 29.3 Å². The maximum Gasteiger partial charge on any atom is 0.156 e. The molecule has 0 bridgehead atoms. The number of aliphatic imine (C=N–C) groups is 1. The Labute approximate surface area is 119 Å². The van der Waals surface area contributed by atoms with Crippen LogP contribution in [0.5, 0.6) is 5.75 Å². The molecule has 1 fully saturated rings. The third-order valence-corrected chi connectivity index (χ3v) is 4.16. The molecule has 4 heteroatoms. The van der Waals surface area contributed by atoms with E-state index in [4.69, 9.17) is 4.74 Å². The highest BCUT2D eigenvalue weighted by Crippen LogP contribution is 2.19. The summed E-state index contributed by atoms with van der Waals surface area (Å²) in [6, 6.07) is 8.67. The first-order chi connectivity index (χ1) is 9.15. The quantitative estimate of drug-likeness (QED) is 0.840. The number of thioether (sulfide) groups is 1. The highest BCUT2D eigenvalue weighted by atomic mass is 32.2. The minimum Gasteiger partial charge on any atom is -0.492 e. The Kier molecular flexibility index (Phi) is 5.14. The number of hydrogen-bond donors (Lipinski definition) is 1. The van der Waals surface area contributed by atoms with Gasteiger partial charge in [0.15, 0.2) is 5.17 Å². The van der Waals surface area contributed by atoms with Crippen molar-refractivity contribution in [2.24, 2.45) is 10.9 Å². The monoisotopic (exact) mass is 278 g/mol. The van der Waals surface area contributed by atoms with Crippen molar-refractivity contribution in [2.45, 2.75) is 26.8 Å². The van der Waals surface area contributed by atoms with E-state index in [0.717, 1.165) is 16.7 Å². The van der Waals surface area contributed by atoms with E-state index < -0.39 is 0 Å². The molecule has 1 heterocycles. The van der Waals surface area contributed by atoms with Gasteiger partial charge >= 0.3 is 0 Å². The molecule has 0 saturated carbocycles. The number of nitrogens with one attached hydrogen (secondary N) is 1. The van der Waals surface area contributed by atoms with Crippen molar-refractivity contribution in [3.63, 3.8) is 0 Å². The Bertz CT molecular complexity index is 446. The Morgan fingerprint density at radius 3 is 3.00 bits per heavy atom. The first-order valence-electron chi connectivity index (χ1n) is 6.78. The summed E-state index contributed by atoms with van der Waals surface area (Å²) in [6.45, 7) is 7.87. The smallest absolute Gasteiger partial charge is 0.156 e. The van der Waals surface area contributed by atoms with Gasteiger partial charge in [-0.05, 0) is 30.5 Å². The van der Waals surface area contributed by atoms with Gasteiger partial charge in [0.1, 0.15) is 12.4 Å². The predicted molar refractivity (Wildman–Crippen MR) is 83.2 cm³/mol. The van der Waals surface area contributed by atoms with Gasteiger partial charge in [0.05, 0.1) is 6.54 Å². The van der Waals surface area contributed by atoms with Crippen LogP contribution < -0.4 is 10.1 Å². The fourth-order valence-electron chi connectivity index (χ4n) is 1.88. The summed E-state index contributed by atoms with van der Waals surface area (Å²) >= 11 is 1.81. The highest BCUT2D eigenvalue weighted by molar-refractivity contribution is 8.14. The van der Waals surface area contributed by atoms with Crippen molar-refractivity contribution in [3.8, 4) is 5.75 Å². The van der Waals surface area contributed by atoms with Crippen LogP contribution in [0.2, 0.25) is 0 Å². The lowest BCUT2D eigenvalue weighted by molar-refractivity contribution is 0.328. The molecular weight excluding hydrogens is 256 g/mol. The zero-order chi connectivity index (χ0) is 13.7. The third-order valence-electron chi connectivity index (χ3n) is 3.12. The second kappa shape index (κ2) is 6.85. The number of hydrogen-bond acceptors (Lipinski definition) is 3. The fraction of sp³-hybridized carbons (Fsp3) is 0.533. The molecule has 1 aromatic rings. The lowest BCUT2D eigenvalue weighted by atomic mass is 10.1. The van der Waals surface area contributed by atoms with E-state index >= 15 is 0 Å². The Hall–Kier alpha value is -1.16. The van der Waals surface area contributed by atoms with Crippen LogP contribution in [-0.2, 0) is 0 Å². The molecule has 1 aromatic carbocycles. The van der Waals surface area contributed by atoms with Gasteiger partial charge in [-0.3, -0.25) is 4.99 Å². The summed E-state index contributed by atoms with van der Waals surface area (Å²) < 4.78 is 5.68. The number of ether oxygens (including phenoxy) is 1. The van der Waals surface area contributed by atoms with E-state index in [2.05, 4.69) is 37.1 Å². The van der Waals surface area contributed by atoms with Crippen LogP contribution in [0.4, 0.5) is 0 Å². The average molecular weight is 278 g/mol. The summed E-state index contributed by atoms with van der Waals surface area (Å²) in [5, 5.41) is 4.52. The van der Waals surface area contributed by atoms with Crippen molar-refractivity contribution in [1.29, 1.82) is 0 Å². The van der Waals surface area contributed by atoms with Gasteiger partial charge in [-0.25, -0.2) is 0 Å². The molecule has 0 aromatic heterocycles. The largest absolute Gasteiger partial charge is 0.492 e. The molecule has 1 aliphatic heterocycles. The summed E-state index contributed by atoms with van der Waals surface area (Å²) in [6.07, 6.45) is 0. The van der Waals surface area contributed by atoms with E-state index in [-0.39, 0.29) is 0 Å². The highest BCUT2D eigenvalue weighted by Gasteiger charge is 2.22. The van der Waals surface area contributed by atoms with Crippen molar-refractivity contribution in [1.82, 2.24) is 5.32 Å². The molecule has 1 N–H and O–H groups in total. The Balaban J connectivity index is 1.72. The molecule has 0 spiro atoms. The number of amidine groups is 1. The number of rotatable bonds is 5. The standard InChI is InChI=1S/C15H22N2OS/c1-11(2)14-10-19-15(17-14)16-7-8-18-13-6-4-5-12(3)9-13/h4-6,9,11,14H,7-8,10H2,1-3H3,(H,16,17). The van der Waals surface area contributed by atoms with E-state index in [1.54, 1.807) is 0 Å². The Morgan fingerprint density at radius 1 is 1.47 bits per heavy atom. The maximum absolute atomic E-state index is 5.68. The van der Waals surface area contributed by atoms with Crippen LogP contribution in [-0.4, -0.2) is 30.1 Å². The van der Waals surface area contributed by atoms with Crippen LogP contribution >= 0.6 is 11.8 Å². The van der Waals surface area contributed by atoms with Gasteiger partial charge in [-0.1, -0.05) is 37.7 Å². The fourth-order valence-corrected chi connectivity index (χ4v) is 3.10. The number of aryl methyl sites for hydroxylation is 1. The molecule has 1 saturated heterocycles. The summed E-state index contributed by atoms with van der Waals surface area (Å²) in [4.78, 5) is 4.54. The second-order valence-electron chi connectivity index (χ2n) is 5.16. The topological polar surface area (TPSA) is 33.6 Å². The Morgan fingerprint density at radius 2 is 2.32 bits per heavy atom. The second-order valence-corrected chi connectivity index (χ2v) is 6.17. The molecular formula is C15H22N2OS. The number of benzene rings is 1. The molecule has 1 aliphatic rings. The van der Waals surface area contributed by atoms with E-state index in [1.165, 1.54) is 5.56 Å². The summed E-state index contributed by atoms with van der Waals surface area (Å²) in [7, 11) is 0. The van der Waals surface area contributed by atoms with Gasteiger partial charge in [0.25, 0.3) is 0 Å². The molecule has 3 nitrogen and oxygen atoms in total. The molecule has 0 amide bonds. The third kappa shape index (κ3) is 4.46. The van der Waals surface area contributed by atoms with Crippen LogP contribution in [0.1, 0.15) is 19.4 Å². The number of nitrogens with zero attached hydrogens (tertiary/aromatic N) is 1. The van der Waals surface area contributed by atoms with E-state index in [1.807, 2.05) is 30.0 Å². The van der Waals surface area contributed by atoms with Gasteiger partial charge < -0.3 is 10.1 Å². The van der Waals surface area contributed by atoms with Crippen molar-refractivity contribution < 1.29 is 4.74 Å². The van der Waals surface area contributed by atoms with Crippen molar-refractivity contribution in [3.05, 3.63) is 29.8 Å². The lowest BCUT2D eigenvalue weighted by Gasteiger charge is -2.13. The summed E-state index contributed by atoms with van der Waals surface area (Å²) in [5.74, 6) is 2.70. The first-order valence-corrected chi connectivity index (χ1v) is 7.77. The molecule has 2 rings (SSSR count). The first kappa shape index (κ1) is 14.3. The predicted octanol–water partition coefficient (Wildman–Crippen LogP) is 3.09. The molecule has 19 heavy (non-hydrogen) atoms. The van der Waals surface area contributed by atoms with Gasteiger partial charge in [-0.15, -0.1) is 0 Å². The van der Waals surface area contributed by atoms with E-state index in [0.29, 0.717) is 25.1 Å². The molecule has 104 valence electrons. The molecule has 1 atom stereocenters.